The third kappa shape index (κ3) is 2.66. The summed E-state index contributed by atoms with van der Waals surface area (Å²) in [4.78, 5) is 6.93. The van der Waals surface area contributed by atoms with Gasteiger partial charge in [0.2, 0.25) is 0 Å². The van der Waals surface area contributed by atoms with Gasteiger partial charge in [0.25, 0.3) is 0 Å². The van der Waals surface area contributed by atoms with Crippen LogP contribution in [0.1, 0.15) is 6.42 Å². The Labute approximate surface area is 116 Å². The number of nitrogens with one attached hydrogen (secondary N) is 1. The molecule has 4 nitrogen and oxygen atoms in total. The molecule has 0 saturated carbocycles. The highest BCUT2D eigenvalue weighted by molar-refractivity contribution is 7.99. The van der Waals surface area contributed by atoms with E-state index in [0.29, 0.717) is 5.54 Å². The zero-order chi connectivity index (χ0) is 12.3. The second kappa shape index (κ2) is 5.77. The first kappa shape index (κ1) is 12.7. The minimum absolute atomic E-state index is 0.306. The molecule has 6 heteroatoms. The van der Waals surface area contributed by atoms with Crippen molar-refractivity contribution in [2.24, 2.45) is 0 Å². The van der Waals surface area contributed by atoms with Crippen LogP contribution in [0.4, 0.5) is 5.13 Å². The van der Waals surface area contributed by atoms with Gasteiger partial charge in [-0.15, -0.1) is 11.3 Å². The van der Waals surface area contributed by atoms with E-state index >= 15 is 0 Å². The molecule has 1 N–H and O–H groups in total. The fourth-order valence-corrected chi connectivity index (χ4v) is 4.69. The maximum Gasteiger partial charge on any atom is 0.182 e. The van der Waals surface area contributed by atoms with Crippen molar-refractivity contribution in [3.8, 4) is 0 Å². The van der Waals surface area contributed by atoms with Crippen LogP contribution in [-0.4, -0.2) is 59.8 Å². The molecule has 1 aromatic rings. The van der Waals surface area contributed by atoms with Crippen molar-refractivity contribution in [1.29, 1.82) is 0 Å². The lowest BCUT2D eigenvalue weighted by Crippen LogP contribution is -2.57. The van der Waals surface area contributed by atoms with Crippen LogP contribution in [-0.2, 0) is 4.74 Å². The molecule has 0 bridgehead atoms. The van der Waals surface area contributed by atoms with Gasteiger partial charge in [0.1, 0.15) is 0 Å². The number of anilines is 1. The molecule has 2 aliphatic rings. The summed E-state index contributed by atoms with van der Waals surface area (Å²) in [6.07, 6.45) is 3.13. The second-order valence-electron chi connectivity index (χ2n) is 4.82. The average molecular weight is 285 g/mol. The van der Waals surface area contributed by atoms with Gasteiger partial charge in [-0.25, -0.2) is 4.98 Å². The van der Waals surface area contributed by atoms with Crippen molar-refractivity contribution < 1.29 is 4.74 Å². The van der Waals surface area contributed by atoms with Crippen LogP contribution in [0.2, 0.25) is 0 Å². The predicted molar refractivity (Wildman–Crippen MR) is 77.7 cm³/mol. The molecule has 2 aliphatic heterocycles. The summed E-state index contributed by atoms with van der Waals surface area (Å²) >= 11 is 3.75. The average Bonchev–Trinajstić information content (AvgIpc) is 3.10. The quantitative estimate of drug-likeness (QED) is 0.912. The number of ether oxygens (including phenoxy) is 1. The summed E-state index contributed by atoms with van der Waals surface area (Å²) in [6.45, 7) is 4.90. The zero-order valence-corrected chi connectivity index (χ0v) is 12.1. The van der Waals surface area contributed by atoms with Gasteiger partial charge < -0.3 is 10.1 Å². The minimum atomic E-state index is 0.306. The van der Waals surface area contributed by atoms with Crippen LogP contribution in [0.3, 0.4) is 0 Å². The first-order valence-corrected chi connectivity index (χ1v) is 8.46. The molecular weight excluding hydrogens is 266 g/mol. The molecule has 1 atom stereocenters. The third-order valence-corrected chi connectivity index (χ3v) is 5.73. The minimum Gasteiger partial charge on any atom is -0.379 e. The third-order valence-electron chi connectivity index (χ3n) is 3.77. The smallest absolute Gasteiger partial charge is 0.182 e. The van der Waals surface area contributed by atoms with Crippen molar-refractivity contribution in [3.63, 3.8) is 0 Å². The molecule has 0 aromatic carbocycles. The van der Waals surface area contributed by atoms with Gasteiger partial charge in [-0.05, 0) is 12.2 Å². The van der Waals surface area contributed by atoms with Crippen LogP contribution in [0.15, 0.2) is 11.6 Å². The van der Waals surface area contributed by atoms with Gasteiger partial charge in [-0.1, -0.05) is 0 Å². The van der Waals surface area contributed by atoms with E-state index < -0.39 is 0 Å². The molecule has 1 aromatic heterocycles. The molecule has 3 rings (SSSR count). The number of hydrogen-bond acceptors (Lipinski definition) is 6. The van der Waals surface area contributed by atoms with Crippen LogP contribution in [0.25, 0.3) is 0 Å². The van der Waals surface area contributed by atoms with Gasteiger partial charge in [-0.2, -0.15) is 11.8 Å². The predicted octanol–water partition coefficient (Wildman–Crippen LogP) is 1.76. The molecule has 2 fully saturated rings. The number of rotatable bonds is 4. The van der Waals surface area contributed by atoms with Crippen molar-refractivity contribution in [3.05, 3.63) is 11.6 Å². The standard InChI is InChI=1S/C12H19N3OS2/c1-7-17-10-12(1,15-3-5-16-6-4-15)9-14-11-13-2-8-18-11/h2,8H,1,3-7,9-10H2,(H,13,14). The Kier molecular flexibility index (Phi) is 4.08. The molecule has 1 unspecified atom stereocenters. The molecule has 3 heterocycles. The fourth-order valence-electron chi connectivity index (χ4n) is 2.69. The highest BCUT2D eigenvalue weighted by atomic mass is 32.2. The van der Waals surface area contributed by atoms with E-state index in [4.69, 9.17) is 4.74 Å². The zero-order valence-electron chi connectivity index (χ0n) is 10.4. The van der Waals surface area contributed by atoms with Crippen LogP contribution in [0, 0.1) is 0 Å². The van der Waals surface area contributed by atoms with E-state index in [0.717, 1.165) is 38.0 Å². The maximum absolute atomic E-state index is 5.48. The Morgan fingerprint density at radius 1 is 1.44 bits per heavy atom. The highest BCUT2D eigenvalue weighted by Crippen LogP contribution is 2.34. The Bertz CT molecular complexity index is 359. The summed E-state index contributed by atoms with van der Waals surface area (Å²) in [5, 5.41) is 6.58. The van der Waals surface area contributed by atoms with Crippen LogP contribution >= 0.6 is 23.1 Å². The van der Waals surface area contributed by atoms with E-state index in [2.05, 4.69) is 27.0 Å². The Hall–Kier alpha value is -0.300. The Morgan fingerprint density at radius 3 is 3.00 bits per heavy atom. The van der Waals surface area contributed by atoms with Crippen molar-refractivity contribution >= 4 is 28.2 Å². The largest absolute Gasteiger partial charge is 0.379 e. The molecule has 18 heavy (non-hydrogen) atoms. The van der Waals surface area contributed by atoms with Crippen molar-refractivity contribution in [2.45, 2.75) is 12.0 Å². The highest BCUT2D eigenvalue weighted by Gasteiger charge is 2.40. The molecule has 2 saturated heterocycles. The normalized spacial score (nSPS) is 29.6. The first-order chi connectivity index (χ1) is 8.89. The number of hydrogen-bond donors (Lipinski definition) is 1. The van der Waals surface area contributed by atoms with Gasteiger partial charge in [0.05, 0.1) is 13.2 Å². The number of aromatic nitrogens is 1. The Balaban J connectivity index is 1.66. The maximum atomic E-state index is 5.48. The van der Waals surface area contributed by atoms with Gasteiger partial charge in [-0.3, -0.25) is 4.90 Å². The fraction of sp³-hybridized carbons (Fsp3) is 0.750. The summed E-state index contributed by atoms with van der Waals surface area (Å²) in [6, 6.07) is 0. The molecule has 0 amide bonds. The van der Waals surface area contributed by atoms with Crippen molar-refractivity contribution in [2.75, 3.05) is 49.7 Å². The summed E-state index contributed by atoms with van der Waals surface area (Å²) < 4.78 is 5.48. The summed E-state index contributed by atoms with van der Waals surface area (Å²) in [7, 11) is 0. The van der Waals surface area contributed by atoms with E-state index in [1.807, 2.05) is 11.6 Å². The van der Waals surface area contributed by atoms with Crippen LogP contribution in [0.5, 0.6) is 0 Å². The van der Waals surface area contributed by atoms with Gasteiger partial charge in [0, 0.05) is 42.5 Å². The molecule has 100 valence electrons. The molecule has 0 radical (unpaired) electrons. The van der Waals surface area contributed by atoms with E-state index in [9.17, 15) is 0 Å². The van der Waals surface area contributed by atoms with Crippen LogP contribution < -0.4 is 5.32 Å². The number of nitrogens with zero attached hydrogens (tertiary/aromatic N) is 2. The topological polar surface area (TPSA) is 37.4 Å². The van der Waals surface area contributed by atoms with Crippen molar-refractivity contribution in [1.82, 2.24) is 9.88 Å². The number of thioether (sulfide) groups is 1. The Morgan fingerprint density at radius 2 is 2.33 bits per heavy atom. The summed E-state index contributed by atoms with van der Waals surface area (Å²) in [5.74, 6) is 2.50. The number of thiazole rings is 1. The van der Waals surface area contributed by atoms with E-state index in [1.54, 1.807) is 11.3 Å². The lowest BCUT2D eigenvalue weighted by Gasteiger charge is -2.43. The monoisotopic (exact) mass is 285 g/mol. The van der Waals surface area contributed by atoms with Gasteiger partial charge in [0.15, 0.2) is 5.13 Å². The lowest BCUT2D eigenvalue weighted by molar-refractivity contribution is -0.00920. The first-order valence-electron chi connectivity index (χ1n) is 6.43. The van der Waals surface area contributed by atoms with Gasteiger partial charge >= 0.3 is 0 Å². The SMILES string of the molecule is c1csc(NCC2(N3CCOCC3)CCSC2)n1. The van der Waals surface area contributed by atoms with E-state index in [-0.39, 0.29) is 0 Å². The molecular formula is C12H19N3OS2. The molecule has 0 spiro atoms. The number of morpholine rings is 1. The second-order valence-corrected chi connectivity index (χ2v) is 6.82. The molecule has 0 aliphatic carbocycles. The summed E-state index contributed by atoms with van der Waals surface area (Å²) in [5.41, 5.74) is 0.306. The van der Waals surface area contributed by atoms with E-state index in [1.165, 1.54) is 17.9 Å². The lowest BCUT2D eigenvalue weighted by atomic mass is 9.95.